The van der Waals surface area contributed by atoms with Crippen LogP contribution in [0, 0.1) is 5.92 Å². The topological polar surface area (TPSA) is 111 Å². The van der Waals surface area contributed by atoms with Crippen LogP contribution in [0.1, 0.15) is 19.5 Å². The van der Waals surface area contributed by atoms with Crippen molar-refractivity contribution in [3.63, 3.8) is 0 Å². The Labute approximate surface area is 138 Å². The molecule has 0 spiro atoms. The lowest BCUT2D eigenvalue weighted by molar-refractivity contribution is -0.147. The number of urea groups is 1. The minimum Gasteiger partial charge on any atom is -0.455 e. The molecule has 0 unspecified atom stereocenters. The van der Waals surface area contributed by atoms with Crippen LogP contribution in [0.5, 0.6) is 0 Å². The maximum Gasteiger partial charge on any atom is 0.321 e. The Morgan fingerprint density at radius 2 is 2.00 bits per heavy atom. The van der Waals surface area contributed by atoms with Crippen LogP contribution in [0.3, 0.4) is 0 Å². The molecule has 0 saturated carbocycles. The third kappa shape index (κ3) is 5.08. The molecule has 2 aromatic rings. The van der Waals surface area contributed by atoms with Crippen LogP contribution in [-0.4, -0.2) is 36.2 Å². The van der Waals surface area contributed by atoms with E-state index in [0.717, 1.165) is 0 Å². The zero-order valence-electron chi connectivity index (χ0n) is 13.5. The van der Waals surface area contributed by atoms with Crippen molar-refractivity contribution in [2.45, 2.75) is 20.3 Å². The Hall–Kier alpha value is -2.90. The highest BCUT2D eigenvalue weighted by Crippen LogP contribution is 2.18. The molecule has 3 amide bonds. The number of hydrogen-bond acceptors (Lipinski definition) is 6. The number of carbonyl (C=O) groups excluding carboxylic acids is 3. The van der Waals surface area contributed by atoms with Gasteiger partial charge in [-0.05, 0) is 18.1 Å². The van der Waals surface area contributed by atoms with Crippen LogP contribution in [0.15, 0.2) is 28.8 Å². The Kier molecular flexibility index (Phi) is 5.89. The number of imide groups is 1. The molecule has 1 heterocycles. The van der Waals surface area contributed by atoms with Crippen molar-refractivity contribution in [2.24, 2.45) is 5.92 Å². The summed E-state index contributed by atoms with van der Waals surface area (Å²) in [6, 6.07) is 6.50. The summed E-state index contributed by atoms with van der Waals surface area (Å²) in [5, 5.41) is 9.13. The van der Waals surface area contributed by atoms with Gasteiger partial charge in [-0.15, -0.1) is 0 Å². The highest BCUT2D eigenvalue weighted by Gasteiger charge is 2.15. The van der Waals surface area contributed by atoms with Crippen molar-refractivity contribution in [3.8, 4) is 0 Å². The summed E-state index contributed by atoms with van der Waals surface area (Å²) in [5.41, 5.74) is 1.01. The van der Waals surface area contributed by atoms with E-state index >= 15 is 0 Å². The highest BCUT2D eigenvalue weighted by atomic mass is 16.5. The maximum atomic E-state index is 11.8. The molecule has 1 aromatic heterocycles. The standard InChI is InChI=1S/C16H19N3O5/c1-10(2)8-17-16(22)18-14(20)9-23-15(21)7-12-11-5-3-4-6-13(11)24-19-12/h3-6,10H,7-9H2,1-2H3,(H2,17,18,20,22). The largest absolute Gasteiger partial charge is 0.455 e. The molecule has 0 saturated heterocycles. The third-order valence-corrected chi connectivity index (χ3v) is 3.05. The molecule has 0 fully saturated rings. The number of nitrogens with one attached hydrogen (secondary N) is 2. The average molecular weight is 333 g/mol. The lowest BCUT2D eigenvalue weighted by atomic mass is 10.2. The Morgan fingerprint density at radius 1 is 1.25 bits per heavy atom. The molecule has 8 nitrogen and oxygen atoms in total. The second kappa shape index (κ2) is 8.09. The molecule has 24 heavy (non-hydrogen) atoms. The summed E-state index contributed by atoms with van der Waals surface area (Å²) < 4.78 is 9.92. The first-order valence-electron chi connectivity index (χ1n) is 7.52. The fraction of sp³-hybridized carbons (Fsp3) is 0.375. The van der Waals surface area contributed by atoms with E-state index in [0.29, 0.717) is 23.2 Å². The Bertz CT molecular complexity index is 738. The number of aromatic nitrogens is 1. The number of rotatable bonds is 6. The first-order valence-corrected chi connectivity index (χ1v) is 7.52. The van der Waals surface area contributed by atoms with Crippen molar-refractivity contribution in [3.05, 3.63) is 30.0 Å². The number of esters is 1. The van der Waals surface area contributed by atoms with E-state index in [1.165, 1.54) is 0 Å². The van der Waals surface area contributed by atoms with Gasteiger partial charge >= 0.3 is 12.0 Å². The highest BCUT2D eigenvalue weighted by molar-refractivity contribution is 5.95. The fourth-order valence-corrected chi connectivity index (χ4v) is 1.90. The molecule has 0 aliphatic carbocycles. The minimum atomic E-state index is -0.699. The van der Waals surface area contributed by atoms with Crippen LogP contribution in [0.4, 0.5) is 4.79 Å². The summed E-state index contributed by atoms with van der Waals surface area (Å²) in [5.74, 6) is -1.07. The van der Waals surface area contributed by atoms with Gasteiger partial charge in [0.2, 0.25) is 0 Å². The number of hydrogen-bond donors (Lipinski definition) is 2. The minimum absolute atomic E-state index is 0.121. The van der Waals surface area contributed by atoms with Gasteiger partial charge in [-0.3, -0.25) is 14.9 Å². The van der Waals surface area contributed by atoms with Gasteiger partial charge in [-0.25, -0.2) is 4.79 Å². The van der Waals surface area contributed by atoms with E-state index < -0.39 is 24.5 Å². The van der Waals surface area contributed by atoms with E-state index in [1.54, 1.807) is 24.3 Å². The molecule has 0 bridgehead atoms. The first kappa shape index (κ1) is 17.5. The zero-order valence-corrected chi connectivity index (χ0v) is 13.5. The SMILES string of the molecule is CC(C)CNC(=O)NC(=O)COC(=O)Cc1noc2ccccc12. The van der Waals surface area contributed by atoms with Crippen molar-refractivity contribution in [1.29, 1.82) is 0 Å². The number of fused-ring (bicyclic) bond motifs is 1. The summed E-state index contributed by atoms with van der Waals surface area (Å²) in [6.07, 6.45) is -0.121. The van der Waals surface area contributed by atoms with Crippen LogP contribution >= 0.6 is 0 Å². The molecule has 0 aliphatic rings. The van der Waals surface area contributed by atoms with Crippen molar-refractivity contribution < 1.29 is 23.6 Å². The Balaban J connectivity index is 1.76. The van der Waals surface area contributed by atoms with E-state index in [9.17, 15) is 14.4 Å². The van der Waals surface area contributed by atoms with Gasteiger partial charge in [0.1, 0.15) is 5.69 Å². The van der Waals surface area contributed by atoms with Crippen molar-refractivity contribution >= 4 is 28.9 Å². The summed E-state index contributed by atoms with van der Waals surface area (Å²) >= 11 is 0. The fourth-order valence-electron chi connectivity index (χ4n) is 1.90. The normalized spacial score (nSPS) is 10.6. The summed E-state index contributed by atoms with van der Waals surface area (Å²) in [6.45, 7) is 3.76. The number of carbonyl (C=O) groups is 3. The predicted molar refractivity (Wildman–Crippen MR) is 85.1 cm³/mol. The van der Waals surface area contributed by atoms with Crippen LogP contribution < -0.4 is 10.6 Å². The maximum absolute atomic E-state index is 11.8. The quantitative estimate of drug-likeness (QED) is 0.773. The number of para-hydroxylation sites is 1. The van der Waals surface area contributed by atoms with Crippen LogP contribution in [-0.2, 0) is 20.7 Å². The van der Waals surface area contributed by atoms with Crippen LogP contribution in [0.25, 0.3) is 11.0 Å². The van der Waals surface area contributed by atoms with Gasteiger partial charge in [0.25, 0.3) is 5.91 Å². The second-order valence-corrected chi connectivity index (χ2v) is 5.61. The van der Waals surface area contributed by atoms with Crippen molar-refractivity contribution in [2.75, 3.05) is 13.2 Å². The summed E-state index contributed by atoms with van der Waals surface area (Å²) in [7, 11) is 0. The number of nitrogens with zero attached hydrogens (tertiary/aromatic N) is 1. The molecule has 0 radical (unpaired) electrons. The summed E-state index contributed by atoms with van der Waals surface area (Å²) in [4.78, 5) is 34.7. The van der Waals surface area contributed by atoms with Gasteiger partial charge in [0, 0.05) is 11.9 Å². The molecular formula is C16H19N3O5. The van der Waals surface area contributed by atoms with Crippen molar-refractivity contribution in [1.82, 2.24) is 15.8 Å². The van der Waals surface area contributed by atoms with Gasteiger partial charge in [-0.2, -0.15) is 0 Å². The lowest BCUT2D eigenvalue weighted by Gasteiger charge is -2.08. The van der Waals surface area contributed by atoms with Gasteiger partial charge in [0.05, 0.1) is 6.42 Å². The molecule has 1 aromatic carbocycles. The van der Waals surface area contributed by atoms with Gasteiger partial charge < -0.3 is 14.6 Å². The second-order valence-electron chi connectivity index (χ2n) is 5.61. The van der Waals surface area contributed by atoms with E-state index in [1.807, 2.05) is 13.8 Å². The number of amides is 3. The predicted octanol–water partition coefficient (Wildman–Crippen LogP) is 1.40. The van der Waals surface area contributed by atoms with E-state index in [4.69, 9.17) is 9.26 Å². The third-order valence-electron chi connectivity index (χ3n) is 3.05. The number of benzene rings is 1. The molecule has 2 N–H and O–H groups in total. The molecule has 128 valence electrons. The molecular weight excluding hydrogens is 314 g/mol. The molecule has 8 heteroatoms. The smallest absolute Gasteiger partial charge is 0.321 e. The monoisotopic (exact) mass is 333 g/mol. The zero-order chi connectivity index (χ0) is 17.5. The van der Waals surface area contributed by atoms with E-state index in [2.05, 4.69) is 15.8 Å². The van der Waals surface area contributed by atoms with Crippen LogP contribution in [0.2, 0.25) is 0 Å². The molecule has 0 aliphatic heterocycles. The molecule has 2 rings (SSSR count). The van der Waals surface area contributed by atoms with E-state index in [-0.39, 0.29) is 12.3 Å². The van der Waals surface area contributed by atoms with Gasteiger partial charge in [0.15, 0.2) is 12.2 Å². The van der Waals surface area contributed by atoms with Gasteiger partial charge in [-0.1, -0.05) is 31.1 Å². The number of ether oxygens (including phenoxy) is 1. The molecule has 0 atom stereocenters. The first-order chi connectivity index (χ1) is 11.5. The lowest BCUT2D eigenvalue weighted by Crippen LogP contribution is -2.42. The Morgan fingerprint density at radius 3 is 2.75 bits per heavy atom. The average Bonchev–Trinajstić information content (AvgIpc) is 2.94.